The van der Waals surface area contributed by atoms with Crippen LogP contribution in [0.1, 0.15) is 17.5 Å². The van der Waals surface area contributed by atoms with E-state index in [0.29, 0.717) is 28.0 Å². The monoisotopic (exact) mass is 491 g/mol. The average Bonchev–Trinajstić information content (AvgIpc) is 3.30. The first-order valence-corrected chi connectivity index (χ1v) is 11.9. The standard InChI is InChI=1S/C26H22FN3O4S/c1-16-3-2-4-20(11-16)28-25(32)23-13-24(31)30(14-17-5-10-21-22(12-17)34-15-33-21)26(35-23)29-19-8-6-18(27)7-9-19/h2-12,23H,13-15H2,1H3,(H,28,32). The van der Waals surface area contributed by atoms with E-state index in [2.05, 4.69) is 10.3 Å². The molecule has 0 aromatic heterocycles. The Kier molecular flexibility index (Phi) is 6.41. The van der Waals surface area contributed by atoms with Gasteiger partial charge in [-0.3, -0.25) is 14.5 Å². The van der Waals surface area contributed by atoms with E-state index in [9.17, 15) is 14.0 Å². The van der Waals surface area contributed by atoms with Crippen molar-refractivity contribution in [2.45, 2.75) is 25.1 Å². The number of rotatable bonds is 5. The van der Waals surface area contributed by atoms with Crippen molar-refractivity contribution in [3.63, 3.8) is 0 Å². The second kappa shape index (κ2) is 9.79. The van der Waals surface area contributed by atoms with E-state index in [0.717, 1.165) is 11.1 Å². The summed E-state index contributed by atoms with van der Waals surface area (Å²) in [5.41, 5.74) is 3.00. The number of halogens is 1. The minimum absolute atomic E-state index is 0.0231. The molecule has 0 bridgehead atoms. The van der Waals surface area contributed by atoms with Crippen molar-refractivity contribution in [3.8, 4) is 11.5 Å². The van der Waals surface area contributed by atoms with Gasteiger partial charge in [0.15, 0.2) is 16.7 Å². The summed E-state index contributed by atoms with van der Waals surface area (Å²) in [6, 6.07) is 18.6. The van der Waals surface area contributed by atoms with Crippen LogP contribution in [0, 0.1) is 12.7 Å². The van der Waals surface area contributed by atoms with E-state index in [1.165, 1.54) is 36.0 Å². The van der Waals surface area contributed by atoms with Crippen molar-refractivity contribution in [1.82, 2.24) is 4.90 Å². The Labute approximate surface area is 205 Å². The van der Waals surface area contributed by atoms with Gasteiger partial charge in [-0.1, -0.05) is 30.0 Å². The molecule has 1 unspecified atom stereocenters. The number of hydrogen-bond donors (Lipinski definition) is 1. The van der Waals surface area contributed by atoms with E-state index in [4.69, 9.17) is 9.47 Å². The summed E-state index contributed by atoms with van der Waals surface area (Å²) < 4.78 is 24.2. The van der Waals surface area contributed by atoms with Gasteiger partial charge in [-0.2, -0.15) is 0 Å². The molecule has 9 heteroatoms. The van der Waals surface area contributed by atoms with Gasteiger partial charge >= 0.3 is 0 Å². The van der Waals surface area contributed by atoms with E-state index < -0.39 is 5.25 Å². The maximum Gasteiger partial charge on any atom is 0.238 e. The highest BCUT2D eigenvalue weighted by Crippen LogP contribution is 2.35. The van der Waals surface area contributed by atoms with Gasteiger partial charge in [0.2, 0.25) is 18.6 Å². The van der Waals surface area contributed by atoms with Crippen LogP contribution < -0.4 is 14.8 Å². The Balaban J connectivity index is 1.41. The van der Waals surface area contributed by atoms with Crippen LogP contribution in [0.5, 0.6) is 11.5 Å². The number of nitrogens with zero attached hydrogens (tertiary/aromatic N) is 2. The Hall–Kier alpha value is -3.85. The number of aliphatic imine (C=N–C) groups is 1. The first-order valence-electron chi connectivity index (χ1n) is 11.0. The van der Waals surface area contributed by atoms with Crippen LogP contribution in [0.15, 0.2) is 71.7 Å². The quantitative estimate of drug-likeness (QED) is 0.542. The predicted molar refractivity (Wildman–Crippen MR) is 132 cm³/mol. The maximum absolute atomic E-state index is 13.4. The number of amidine groups is 1. The lowest BCUT2D eigenvalue weighted by molar-refractivity contribution is -0.129. The van der Waals surface area contributed by atoms with Crippen LogP contribution in [0.2, 0.25) is 0 Å². The lowest BCUT2D eigenvalue weighted by atomic mass is 10.1. The number of benzene rings is 3. The van der Waals surface area contributed by atoms with Crippen LogP contribution in [0.4, 0.5) is 15.8 Å². The minimum atomic E-state index is -0.657. The van der Waals surface area contributed by atoms with Crippen LogP contribution in [-0.4, -0.2) is 33.9 Å². The minimum Gasteiger partial charge on any atom is -0.454 e. The fourth-order valence-electron chi connectivity index (χ4n) is 3.79. The smallest absolute Gasteiger partial charge is 0.238 e. The maximum atomic E-state index is 13.4. The van der Waals surface area contributed by atoms with E-state index >= 15 is 0 Å². The van der Waals surface area contributed by atoms with Gasteiger partial charge in [0, 0.05) is 12.1 Å². The van der Waals surface area contributed by atoms with Gasteiger partial charge in [-0.05, 0) is 66.6 Å². The third-order valence-corrected chi connectivity index (χ3v) is 6.73. The molecule has 0 spiro atoms. The molecule has 3 aromatic rings. The molecule has 3 aromatic carbocycles. The molecule has 2 aliphatic heterocycles. The van der Waals surface area contributed by atoms with Crippen LogP contribution >= 0.6 is 11.8 Å². The predicted octanol–water partition coefficient (Wildman–Crippen LogP) is 5.02. The molecule has 1 N–H and O–H groups in total. The second-order valence-corrected chi connectivity index (χ2v) is 9.38. The molecule has 35 heavy (non-hydrogen) atoms. The Morgan fingerprint density at radius 3 is 2.71 bits per heavy atom. The average molecular weight is 492 g/mol. The second-order valence-electron chi connectivity index (χ2n) is 8.21. The summed E-state index contributed by atoms with van der Waals surface area (Å²) in [5, 5.41) is 2.61. The molecule has 2 amide bonds. The molecule has 1 atom stereocenters. The fraction of sp³-hybridized carbons (Fsp3) is 0.192. The summed E-state index contributed by atoms with van der Waals surface area (Å²) in [7, 11) is 0. The zero-order chi connectivity index (χ0) is 24.4. The van der Waals surface area contributed by atoms with Gasteiger partial charge in [-0.15, -0.1) is 0 Å². The van der Waals surface area contributed by atoms with Crippen molar-refractivity contribution in [3.05, 3.63) is 83.7 Å². The van der Waals surface area contributed by atoms with E-state index in [1.807, 2.05) is 37.3 Å². The highest BCUT2D eigenvalue weighted by molar-refractivity contribution is 8.15. The number of thioether (sulfide) groups is 1. The third-order valence-electron chi connectivity index (χ3n) is 5.55. The number of fused-ring (bicyclic) bond motifs is 1. The lowest BCUT2D eigenvalue weighted by Gasteiger charge is -2.32. The highest BCUT2D eigenvalue weighted by Gasteiger charge is 2.36. The molecule has 1 fully saturated rings. The normalized spacial score (nSPS) is 18.1. The first-order chi connectivity index (χ1) is 16.9. The van der Waals surface area contributed by atoms with Crippen molar-refractivity contribution >= 4 is 40.1 Å². The molecule has 5 rings (SSSR count). The first kappa shape index (κ1) is 22.9. The van der Waals surface area contributed by atoms with E-state index in [-0.39, 0.29) is 37.4 Å². The number of amides is 2. The van der Waals surface area contributed by atoms with Gasteiger partial charge in [-0.25, -0.2) is 9.38 Å². The zero-order valence-corrected chi connectivity index (χ0v) is 19.7. The Morgan fingerprint density at radius 2 is 1.91 bits per heavy atom. The van der Waals surface area contributed by atoms with Crippen molar-refractivity contribution < 1.29 is 23.5 Å². The number of ether oxygens (including phenoxy) is 2. The fourth-order valence-corrected chi connectivity index (χ4v) is 4.89. The Morgan fingerprint density at radius 1 is 1.11 bits per heavy atom. The largest absolute Gasteiger partial charge is 0.454 e. The molecule has 2 aliphatic rings. The van der Waals surface area contributed by atoms with Crippen molar-refractivity contribution in [2.24, 2.45) is 4.99 Å². The summed E-state index contributed by atoms with van der Waals surface area (Å²) >= 11 is 1.21. The SMILES string of the molecule is Cc1cccc(NC(=O)C2CC(=O)N(Cc3ccc4c(c3)OCO4)C(=Nc3ccc(F)cc3)S2)c1. The van der Waals surface area contributed by atoms with Crippen LogP contribution in [-0.2, 0) is 16.1 Å². The Bertz CT molecular complexity index is 1310. The molecule has 2 heterocycles. The van der Waals surface area contributed by atoms with Crippen LogP contribution in [0.25, 0.3) is 0 Å². The van der Waals surface area contributed by atoms with E-state index in [1.54, 1.807) is 17.0 Å². The molecule has 0 aliphatic carbocycles. The van der Waals surface area contributed by atoms with Crippen molar-refractivity contribution in [1.29, 1.82) is 0 Å². The third kappa shape index (κ3) is 5.30. The number of carbonyl (C=O) groups excluding carboxylic acids is 2. The topological polar surface area (TPSA) is 80.2 Å². The summed E-state index contributed by atoms with van der Waals surface area (Å²) in [5.74, 6) is 0.386. The molecule has 1 saturated heterocycles. The van der Waals surface area contributed by atoms with Gasteiger partial charge in [0.05, 0.1) is 12.2 Å². The van der Waals surface area contributed by atoms with Gasteiger partial charge in [0.1, 0.15) is 11.1 Å². The van der Waals surface area contributed by atoms with Gasteiger partial charge in [0.25, 0.3) is 0 Å². The number of anilines is 1. The lowest BCUT2D eigenvalue weighted by Crippen LogP contribution is -2.44. The molecule has 0 saturated carbocycles. The molecule has 178 valence electrons. The number of hydrogen-bond acceptors (Lipinski definition) is 6. The van der Waals surface area contributed by atoms with Crippen LogP contribution in [0.3, 0.4) is 0 Å². The van der Waals surface area contributed by atoms with Crippen molar-refractivity contribution in [2.75, 3.05) is 12.1 Å². The molecule has 7 nitrogen and oxygen atoms in total. The number of nitrogens with one attached hydrogen (secondary N) is 1. The molecular formula is C26H22FN3O4S. The number of aryl methyl sites for hydroxylation is 1. The highest BCUT2D eigenvalue weighted by atomic mass is 32.2. The zero-order valence-electron chi connectivity index (χ0n) is 18.9. The summed E-state index contributed by atoms with van der Waals surface area (Å²) in [4.78, 5) is 32.4. The summed E-state index contributed by atoms with van der Waals surface area (Å²) in [6.45, 7) is 2.34. The molecule has 0 radical (unpaired) electrons. The number of carbonyl (C=O) groups is 2. The summed E-state index contributed by atoms with van der Waals surface area (Å²) in [6.07, 6.45) is 0.0231. The van der Waals surface area contributed by atoms with Gasteiger partial charge < -0.3 is 14.8 Å². The molecular weight excluding hydrogens is 469 g/mol.